The van der Waals surface area contributed by atoms with Crippen LogP contribution in [0.25, 0.3) is 0 Å². The molecule has 3 heteroatoms. The van der Waals surface area contributed by atoms with Crippen molar-refractivity contribution in [3.8, 4) is 0 Å². The SMILES string of the molecule is CCCN(CCO)[C@@H]1CCC[C@H]1O. The molecule has 0 bridgehead atoms. The Morgan fingerprint density at radius 1 is 1.31 bits per heavy atom. The second kappa shape index (κ2) is 5.58. The summed E-state index contributed by atoms with van der Waals surface area (Å²) < 4.78 is 0. The van der Waals surface area contributed by atoms with Gasteiger partial charge in [-0.05, 0) is 32.2 Å². The summed E-state index contributed by atoms with van der Waals surface area (Å²) in [4.78, 5) is 2.22. The average Bonchev–Trinajstić information content (AvgIpc) is 2.51. The summed E-state index contributed by atoms with van der Waals surface area (Å²) in [6, 6.07) is 0.298. The molecule has 0 heterocycles. The van der Waals surface area contributed by atoms with Crippen molar-refractivity contribution >= 4 is 0 Å². The molecule has 0 aliphatic heterocycles. The molecule has 0 spiro atoms. The lowest BCUT2D eigenvalue weighted by Gasteiger charge is -2.29. The van der Waals surface area contributed by atoms with Crippen LogP contribution in [0.4, 0.5) is 0 Å². The molecule has 3 nitrogen and oxygen atoms in total. The largest absolute Gasteiger partial charge is 0.395 e. The lowest BCUT2D eigenvalue weighted by molar-refractivity contribution is 0.0594. The van der Waals surface area contributed by atoms with Gasteiger partial charge < -0.3 is 10.2 Å². The minimum absolute atomic E-state index is 0.168. The van der Waals surface area contributed by atoms with Crippen molar-refractivity contribution in [3.63, 3.8) is 0 Å². The number of aliphatic hydroxyl groups excluding tert-OH is 2. The fraction of sp³-hybridized carbons (Fsp3) is 1.00. The lowest BCUT2D eigenvalue weighted by Crippen LogP contribution is -2.42. The third-order valence-electron chi connectivity index (χ3n) is 2.81. The van der Waals surface area contributed by atoms with Crippen LogP contribution in [-0.4, -0.2) is 47.0 Å². The third-order valence-corrected chi connectivity index (χ3v) is 2.81. The number of aliphatic hydroxyl groups is 2. The van der Waals surface area contributed by atoms with Gasteiger partial charge in [-0.25, -0.2) is 0 Å². The summed E-state index contributed by atoms with van der Waals surface area (Å²) in [5.41, 5.74) is 0. The van der Waals surface area contributed by atoms with Crippen molar-refractivity contribution in [2.45, 2.75) is 44.8 Å². The molecule has 2 N–H and O–H groups in total. The van der Waals surface area contributed by atoms with Crippen molar-refractivity contribution < 1.29 is 10.2 Å². The van der Waals surface area contributed by atoms with E-state index in [9.17, 15) is 5.11 Å². The van der Waals surface area contributed by atoms with E-state index in [4.69, 9.17) is 5.11 Å². The standard InChI is InChI=1S/C10H21NO2/c1-2-6-11(7-8-12)9-4-3-5-10(9)13/h9-10,12-13H,2-8H2,1H3/t9-,10-/m1/s1. The predicted molar refractivity (Wildman–Crippen MR) is 52.6 cm³/mol. The third kappa shape index (κ3) is 2.93. The molecule has 78 valence electrons. The zero-order valence-electron chi connectivity index (χ0n) is 8.45. The van der Waals surface area contributed by atoms with E-state index in [2.05, 4.69) is 11.8 Å². The summed E-state index contributed by atoms with van der Waals surface area (Å²) in [5.74, 6) is 0. The van der Waals surface area contributed by atoms with Gasteiger partial charge in [-0.15, -0.1) is 0 Å². The van der Waals surface area contributed by atoms with Gasteiger partial charge >= 0.3 is 0 Å². The Morgan fingerprint density at radius 3 is 2.54 bits per heavy atom. The maximum atomic E-state index is 9.69. The first-order valence-corrected chi connectivity index (χ1v) is 5.32. The number of hydrogen-bond acceptors (Lipinski definition) is 3. The Hall–Kier alpha value is -0.120. The second-order valence-electron chi connectivity index (χ2n) is 3.83. The molecule has 1 aliphatic carbocycles. The van der Waals surface area contributed by atoms with Crippen LogP contribution in [0.1, 0.15) is 32.6 Å². The van der Waals surface area contributed by atoms with Crippen LogP contribution in [0.2, 0.25) is 0 Å². The van der Waals surface area contributed by atoms with Crippen molar-refractivity contribution in [1.29, 1.82) is 0 Å². The molecule has 0 aromatic rings. The Balaban J connectivity index is 2.42. The highest BCUT2D eigenvalue weighted by Crippen LogP contribution is 2.23. The molecular weight excluding hydrogens is 166 g/mol. The summed E-state index contributed by atoms with van der Waals surface area (Å²) >= 11 is 0. The molecule has 0 aromatic carbocycles. The van der Waals surface area contributed by atoms with Gasteiger partial charge in [0.25, 0.3) is 0 Å². The van der Waals surface area contributed by atoms with Crippen LogP contribution >= 0.6 is 0 Å². The lowest BCUT2D eigenvalue weighted by atomic mass is 10.1. The number of nitrogens with zero attached hydrogens (tertiary/aromatic N) is 1. The van der Waals surface area contributed by atoms with Gasteiger partial charge in [-0.3, -0.25) is 4.90 Å². The predicted octanol–water partition coefficient (Wildman–Crippen LogP) is 0.604. The van der Waals surface area contributed by atoms with Crippen molar-refractivity contribution in [2.24, 2.45) is 0 Å². The maximum Gasteiger partial charge on any atom is 0.0695 e. The maximum absolute atomic E-state index is 9.69. The highest BCUT2D eigenvalue weighted by Gasteiger charge is 2.29. The molecule has 0 aromatic heterocycles. The van der Waals surface area contributed by atoms with Crippen LogP contribution in [0, 0.1) is 0 Å². The zero-order chi connectivity index (χ0) is 9.68. The van der Waals surface area contributed by atoms with Crippen LogP contribution in [0.5, 0.6) is 0 Å². The van der Waals surface area contributed by atoms with Crippen molar-refractivity contribution in [3.05, 3.63) is 0 Å². The smallest absolute Gasteiger partial charge is 0.0695 e. The van der Waals surface area contributed by atoms with E-state index in [1.54, 1.807) is 0 Å². The molecule has 0 unspecified atom stereocenters. The highest BCUT2D eigenvalue weighted by molar-refractivity contribution is 4.84. The van der Waals surface area contributed by atoms with Gasteiger partial charge in [-0.1, -0.05) is 6.92 Å². The van der Waals surface area contributed by atoms with E-state index >= 15 is 0 Å². The first-order chi connectivity index (χ1) is 6.29. The Kier molecular flexibility index (Phi) is 4.70. The van der Waals surface area contributed by atoms with Crippen molar-refractivity contribution in [1.82, 2.24) is 4.90 Å². The molecule has 2 atom stereocenters. The molecular formula is C10H21NO2. The molecule has 13 heavy (non-hydrogen) atoms. The summed E-state index contributed by atoms with van der Waals surface area (Å²) in [5, 5.41) is 18.6. The average molecular weight is 187 g/mol. The molecule has 0 radical (unpaired) electrons. The molecule has 1 aliphatic rings. The van der Waals surface area contributed by atoms with Crippen LogP contribution < -0.4 is 0 Å². The van der Waals surface area contributed by atoms with E-state index < -0.39 is 0 Å². The van der Waals surface area contributed by atoms with Gasteiger partial charge in [0.15, 0.2) is 0 Å². The normalized spacial score (nSPS) is 28.6. The molecule has 1 saturated carbocycles. The zero-order valence-corrected chi connectivity index (χ0v) is 8.45. The first kappa shape index (κ1) is 11.0. The Labute approximate surface area is 80.4 Å². The van der Waals surface area contributed by atoms with Crippen LogP contribution in [-0.2, 0) is 0 Å². The summed E-state index contributed by atoms with van der Waals surface area (Å²) in [6.45, 7) is 4.02. The van der Waals surface area contributed by atoms with E-state index in [1.807, 2.05) is 0 Å². The minimum Gasteiger partial charge on any atom is -0.395 e. The van der Waals surface area contributed by atoms with Gasteiger partial charge in [0, 0.05) is 12.6 Å². The Morgan fingerprint density at radius 2 is 2.08 bits per heavy atom. The number of hydrogen-bond donors (Lipinski definition) is 2. The summed E-state index contributed by atoms with van der Waals surface area (Å²) in [7, 11) is 0. The van der Waals surface area contributed by atoms with Crippen LogP contribution in [0.3, 0.4) is 0 Å². The van der Waals surface area contributed by atoms with E-state index in [1.165, 1.54) is 0 Å². The number of rotatable bonds is 5. The van der Waals surface area contributed by atoms with Crippen molar-refractivity contribution in [2.75, 3.05) is 19.7 Å². The quantitative estimate of drug-likeness (QED) is 0.662. The highest BCUT2D eigenvalue weighted by atomic mass is 16.3. The second-order valence-corrected chi connectivity index (χ2v) is 3.83. The minimum atomic E-state index is -0.168. The Bertz CT molecular complexity index is 135. The topological polar surface area (TPSA) is 43.7 Å². The van der Waals surface area contributed by atoms with Gasteiger partial charge in [0.05, 0.1) is 12.7 Å². The van der Waals surface area contributed by atoms with Gasteiger partial charge in [-0.2, -0.15) is 0 Å². The molecule has 1 rings (SSSR count). The molecule has 1 fully saturated rings. The van der Waals surface area contributed by atoms with E-state index in [0.29, 0.717) is 12.6 Å². The molecule has 0 amide bonds. The molecule has 0 saturated heterocycles. The summed E-state index contributed by atoms with van der Waals surface area (Å²) in [6.07, 6.45) is 4.05. The van der Waals surface area contributed by atoms with Gasteiger partial charge in [0.1, 0.15) is 0 Å². The first-order valence-electron chi connectivity index (χ1n) is 5.32. The van der Waals surface area contributed by atoms with Crippen LogP contribution in [0.15, 0.2) is 0 Å². The van der Waals surface area contributed by atoms with E-state index in [0.717, 1.165) is 32.2 Å². The fourth-order valence-electron chi connectivity index (χ4n) is 2.21. The monoisotopic (exact) mass is 187 g/mol. The van der Waals surface area contributed by atoms with E-state index in [-0.39, 0.29) is 12.7 Å². The fourth-order valence-corrected chi connectivity index (χ4v) is 2.21. The van der Waals surface area contributed by atoms with Gasteiger partial charge in [0.2, 0.25) is 0 Å².